The molecule has 0 spiro atoms. The number of rotatable bonds is 7. The van der Waals surface area contributed by atoms with E-state index in [1.807, 2.05) is 72.8 Å². The first-order valence-corrected chi connectivity index (χ1v) is 10.0. The summed E-state index contributed by atoms with van der Waals surface area (Å²) in [5, 5.41) is 7.68. The van der Waals surface area contributed by atoms with Gasteiger partial charge in [-0.05, 0) is 72.4 Å². The van der Waals surface area contributed by atoms with Gasteiger partial charge in [0.05, 0.1) is 13.3 Å². The molecular formula is C22H20BrN3O2S. The number of hydrogen-bond acceptors (Lipinski definition) is 4. The Morgan fingerprint density at radius 2 is 1.83 bits per heavy atom. The molecule has 0 bridgehead atoms. The second-order valence-corrected chi connectivity index (χ2v) is 7.33. The van der Waals surface area contributed by atoms with Gasteiger partial charge >= 0.3 is 0 Å². The summed E-state index contributed by atoms with van der Waals surface area (Å²) in [5.41, 5.74) is 5.53. The van der Waals surface area contributed by atoms with Crippen LogP contribution in [0.25, 0.3) is 0 Å². The molecule has 0 aromatic heterocycles. The zero-order valence-electron chi connectivity index (χ0n) is 15.8. The molecule has 0 amide bonds. The number of thiocarbonyl (C=S) groups is 1. The Morgan fingerprint density at radius 1 is 1.07 bits per heavy atom. The maximum Gasteiger partial charge on any atom is 0.191 e. The molecule has 29 heavy (non-hydrogen) atoms. The third kappa shape index (κ3) is 6.58. The van der Waals surface area contributed by atoms with Gasteiger partial charge in [-0.2, -0.15) is 5.10 Å². The number of methoxy groups -OCH3 is 1. The van der Waals surface area contributed by atoms with Crippen LogP contribution in [-0.2, 0) is 6.61 Å². The summed E-state index contributed by atoms with van der Waals surface area (Å²) in [6, 6.07) is 23.1. The lowest BCUT2D eigenvalue weighted by atomic mass is 10.1. The van der Waals surface area contributed by atoms with Crippen molar-refractivity contribution in [3.8, 4) is 11.5 Å². The molecule has 2 N–H and O–H groups in total. The number of hydrogen-bond donors (Lipinski definition) is 2. The molecule has 0 atom stereocenters. The van der Waals surface area contributed by atoms with Gasteiger partial charge in [-0.15, -0.1) is 0 Å². The minimum Gasteiger partial charge on any atom is -0.496 e. The largest absolute Gasteiger partial charge is 0.496 e. The average Bonchev–Trinajstić information content (AvgIpc) is 2.74. The van der Waals surface area contributed by atoms with Crippen LogP contribution in [-0.4, -0.2) is 18.4 Å². The molecule has 0 aliphatic rings. The number of nitrogens with one attached hydrogen (secondary N) is 2. The van der Waals surface area contributed by atoms with Gasteiger partial charge in [-0.1, -0.05) is 34.1 Å². The van der Waals surface area contributed by atoms with Crippen molar-refractivity contribution in [3.05, 3.63) is 88.4 Å². The third-order valence-electron chi connectivity index (χ3n) is 3.92. The van der Waals surface area contributed by atoms with E-state index < -0.39 is 0 Å². The average molecular weight is 470 g/mol. The Balaban J connectivity index is 1.60. The van der Waals surface area contributed by atoms with E-state index in [-0.39, 0.29) is 0 Å². The molecule has 0 aliphatic carbocycles. The number of halogens is 1. The second-order valence-electron chi connectivity index (χ2n) is 6.00. The van der Waals surface area contributed by atoms with E-state index in [9.17, 15) is 0 Å². The highest BCUT2D eigenvalue weighted by Gasteiger charge is 2.05. The van der Waals surface area contributed by atoms with Gasteiger partial charge in [-0.25, -0.2) is 0 Å². The van der Waals surface area contributed by atoms with Gasteiger partial charge < -0.3 is 14.8 Å². The monoisotopic (exact) mass is 469 g/mol. The van der Waals surface area contributed by atoms with Gasteiger partial charge in [0, 0.05) is 15.7 Å². The Kier molecular flexibility index (Phi) is 7.61. The fraction of sp³-hybridized carbons (Fsp3) is 0.0909. The van der Waals surface area contributed by atoms with Crippen molar-refractivity contribution >= 4 is 45.2 Å². The Labute approximate surface area is 183 Å². The fourth-order valence-electron chi connectivity index (χ4n) is 2.53. The van der Waals surface area contributed by atoms with E-state index in [0.29, 0.717) is 11.7 Å². The van der Waals surface area contributed by atoms with Crippen molar-refractivity contribution in [3.63, 3.8) is 0 Å². The first-order valence-electron chi connectivity index (χ1n) is 8.84. The fourth-order valence-corrected chi connectivity index (χ4v) is 2.96. The van der Waals surface area contributed by atoms with Crippen LogP contribution in [0.1, 0.15) is 11.1 Å². The lowest BCUT2D eigenvalue weighted by Crippen LogP contribution is -2.23. The van der Waals surface area contributed by atoms with Crippen molar-refractivity contribution < 1.29 is 9.47 Å². The number of ether oxygens (including phenoxy) is 2. The summed E-state index contributed by atoms with van der Waals surface area (Å²) >= 11 is 8.66. The van der Waals surface area contributed by atoms with Gasteiger partial charge in [0.1, 0.15) is 18.1 Å². The van der Waals surface area contributed by atoms with Crippen LogP contribution in [0.3, 0.4) is 0 Å². The molecule has 7 heteroatoms. The molecule has 0 heterocycles. The number of benzene rings is 3. The first-order chi connectivity index (χ1) is 14.1. The minimum absolute atomic E-state index is 0.383. The summed E-state index contributed by atoms with van der Waals surface area (Å²) in [5.74, 6) is 1.54. The van der Waals surface area contributed by atoms with E-state index in [1.165, 1.54) is 0 Å². The van der Waals surface area contributed by atoms with Crippen LogP contribution >= 0.6 is 28.1 Å². The van der Waals surface area contributed by atoms with E-state index in [1.54, 1.807) is 13.3 Å². The minimum atomic E-state index is 0.383. The Hall–Kier alpha value is -2.90. The quantitative estimate of drug-likeness (QED) is 0.277. The number of hydrazone groups is 1. The predicted octanol–water partition coefficient (Wildman–Crippen LogP) is 5.36. The van der Waals surface area contributed by atoms with E-state index in [4.69, 9.17) is 21.7 Å². The highest BCUT2D eigenvalue weighted by Crippen LogP contribution is 2.23. The molecular weight excluding hydrogens is 450 g/mol. The van der Waals surface area contributed by atoms with Crippen LogP contribution in [0.2, 0.25) is 0 Å². The molecule has 5 nitrogen and oxygen atoms in total. The van der Waals surface area contributed by atoms with Crippen molar-refractivity contribution in [2.75, 3.05) is 12.4 Å². The molecule has 0 saturated heterocycles. The van der Waals surface area contributed by atoms with Crippen molar-refractivity contribution in [1.82, 2.24) is 5.43 Å². The van der Waals surface area contributed by atoms with Crippen LogP contribution in [0.5, 0.6) is 11.5 Å². The number of para-hydroxylation sites is 1. The molecule has 0 unspecified atom stereocenters. The molecule has 148 valence electrons. The third-order valence-corrected chi connectivity index (χ3v) is 4.65. The van der Waals surface area contributed by atoms with Crippen molar-refractivity contribution in [1.29, 1.82) is 0 Å². The molecule has 0 aliphatic heterocycles. The highest BCUT2D eigenvalue weighted by atomic mass is 79.9. The molecule has 0 saturated carbocycles. The molecule has 0 fully saturated rings. The SMILES string of the molecule is COc1ccc(/C=N\NC(=S)Nc2ccccc2)cc1COc1ccc(Br)cc1. The molecule has 0 radical (unpaired) electrons. The van der Waals surface area contributed by atoms with Crippen LogP contribution in [0.15, 0.2) is 82.4 Å². The standard InChI is InChI=1S/C22H20BrN3O2S/c1-27-21-12-7-16(13-17(21)15-28-20-10-8-18(23)9-11-20)14-24-26-22(29)25-19-5-3-2-4-6-19/h2-14H,15H2,1H3,(H2,25,26,29)/b24-14-. The van der Waals surface area contributed by atoms with Crippen molar-refractivity contribution in [2.24, 2.45) is 5.10 Å². The summed E-state index contributed by atoms with van der Waals surface area (Å²) in [4.78, 5) is 0. The lowest BCUT2D eigenvalue weighted by molar-refractivity contribution is 0.296. The zero-order valence-corrected chi connectivity index (χ0v) is 18.2. The Morgan fingerprint density at radius 3 is 2.55 bits per heavy atom. The van der Waals surface area contributed by atoms with Crippen LogP contribution in [0.4, 0.5) is 5.69 Å². The van der Waals surface area contributed by atoms with Crippen LogP contribution in [0, 0.1) is 0 Å². The topological polar surface area (TPSA) is 54.9 Å². The summed E-state index contributed by atoms with van der Waals surface area (Å²) in [6.45, 7) is 0.383. The van der Waals surface area contributed by atoms with Crippen LogP contribution < -0.4 is 20.2 Å². The highest BCUT2D eigenvalue weighted by molar-refractivity contribution is 9.10. The lowest BCUT2D eigenvalue weighted by Gasteiger charge is -2.11. The molecule has 3 aromatic carbocycles. The van der Waals surface area contributed by atoms with E-state index >= 15 is 0 Å². The van der Waals surface area contributed by atoms with E-state index in [2.05, 4.69) is 31.8 Å². The maximum atomic E-state index is 5.86. The summed E-state index contributed by atoms with van der Waals surface area (Å²) in [7, 11) is 1.64. The van der Waals surface area contributed by atoms with Crippen molar-refractivity contribution in [2.45, 2.75) is 6.61 Å². The zero-order chi connectivity index (χ0) is 20.5. The number of anilines is 1. The predicted molar refractivity (Wildman–Crippen MR) is 125 cm³/mol. The smallest absolute Gasteiger partial charge is 0.191 e. The van der Waals surface area contributed by atoms with Gasteiger partial charge in [0.25, 0.3) is 0 Å². The Bertz CT molecular complexity index is 979. The molecule has 3 rings (SSSR count). The van der Waals surface area contributed by atoms with Gasteiger partial charge in [0.15, 0.2) is 5.11 Å². The van der Waals surface area contributed by atoms with E-state index in [0.717, 1.165) is 32.8 Å². The summed E-state index contributed by atoms with van der Waals surface area (Å²) in [6.07, 6.45) is 1.70. The summed E-state index contributed by atoms with van der Waals surface area (Å²) < 4.78 is 12.3. The second kappa shape index (κ2) is 10.6. The number of nitrogens with zero attached hydrogens (tertiary/aromatic N) is 1. The normalized spacial score (nSPS) is 10.6. The maximum absolute atomic E-state index is 5.86. The van der Waals surface area contributed by atoms with Gasteiger partial charge in [-0.3, -0.25) is 5.43 Å². The first kappa shape index (κ1) is 20.8. The molecule has 3 aromatic rings. The van der Waals surface area contributed by atoms with Gasteiger partial charge in [0.2, 0.25) is 0 Å².